The van der Waals surface area contributed by atoms with E-state index < -0.39 is 12.0 Å². The molecule has 2 amide bonds. The van der Waals surface area contributed by atoms with Gasteiger partial charge in [-0.05, 0) is 24.3 Å². The molecule has 0 saturated carbocycles. The summed E-state index contributed by atoms with van der Waals surface area (Å²) in [5.41, 5.74) is 0.524. The van der Waals surface area contributed by atoms with E-state index in [9.17, 15) is 9.59 Å². The van der Waals surface area contributed by atoms with E-state index in [2.05, 4.69) is 0 Å². The van der Waals surface area contributed by atoms with Crippen molar-refractivity contribution in [1.29, 1.82) is 0 Å². The van der Waals surface area contributed by atoms with E-state index in [1.165, 1.54) is 4.90 Å². The van der Waals surface area contributed by atoms with Crippen molar-refractivity contribution in [3.63, 3.8) is 0 Å². The number of fused-ring (bicyclic) bond motifs is 3. The Morgan fingerprint density at radius 3 is 2.67 bits per heavy atom. The SMILES string of the molecule is O=C1[C@@H]2[C@@H](ON3CCOC[C@@H]23)C(=O)N1c1ccc(Cl)cc1. The van der Waals surface area contributed by atoms with Crippen LogP contribution in [0.15, 0.2) is 24.3 Å². The van der Waals surface area contributed by atoms with Crippen LogP contribution in [0.3, 0.4) is 0 Å². The maximum absolute atomic E-state index is 12.6. The zero-order chi connectivity index (χ0) is 14.6. The van der Waals surface area contributed by atoms with Gasteiger partial charge in [0.1, 0.15) is 0 Å². The van der Waals surface area contributed by atoms with Gasteiger partial charge in [0.15, 0.2) is 6.10 Å². The molecular formula is C14H13ClN2O4. The van der Waals surface area contributed by atoms with Crippen molar-refractivity contribution in [3.8, 4) is 0 Å². The van der Waals surface area contributed by atoms with Crippen LogP contribution in [0.4, 0.5) is 5.69 Å². The Morgan fingerprint density at radius 1 is 1.14 bits per heavy atom. The minimum atomic E-state index is -0.736. The van der Waals surface area contributed by atoms with Gasteiger partial charge in [-0.2, -0.15) is 5.06 Å². The number of ether oxygens (including phenoxy) is 1. The molecule has 0 aromatic heterocycles. The molecule has 110 valence electrons. The highest BCUT2D eigenvalue weighted by Crippen LogP contribution is 2.39. The predicted octanol–water partition coefficient (Wildman–Crippen LogP) is 0.844. The molecule has 0 bridgehead atoms. The van der Waals surface area contributed by atoms with Crippen LogP contribution < -0.4 is 4.90 Å². The lowest BCUT2D eigenvalue weighted by Gasteiger charge is -2.30. The highest BCUT2D eigenvalue weighted by Gasteiger charge is 2.60. The third-order valence-corrected chi connectivity index (χ3v) is 4.41. The fourth-order valence-corrected chi connectivity index (χ4v) is 3.28. The van der Waals surface area contributed by atoms with Gasteiger partial charge in [-0.1, -0.05) is 11.6 Å². The normalized spacial score (nSPS) is 32.4. The molecule has 3 saturated heterocycles. The monoisotopic (exact) mass is 308 g/mol. The van der Waals surface area contributed by atoms with E-state index in [1.54, 1.807) is 29.3 Å². The van der Waals surface area contributed by atoms with Crippen LogP contribution in [0.5, 0.6) is 0 Å². The zero-order valence-corrected chi connectivity index (χ0v) is 11.8. The number of hydrogen-bond acceptors (Lipinski definition) is 5. The lowest BCUT2D eigenvalue weighted by Crippen LogP contribution is -2.46. The molecule has 0 N–H and O–H groups in total. The molecule has 3 atom stereocenters. The summed E-state index contributed by atoms with van der Waals surface area (Å²) in [5.74, 6) is -1.04. The van der Waals surface area contributed by atoms with Gasteiger partial charge in [-0.15, -0.1) is 0 Å². The first-order valence-electron chi connectivity index (χ1n) is 6.81. The minimum Gasteiger partial charge on any atom is -0.378 e. The van der Waals surface area contributed by atoms with E-state index in [0.29, 0.717) is 30.5 Å². The van der Waals surface area contributed by atoms with Crippen molar-refractivity contribution in [2.75, 3.05) is 24.7 Å². The Hall–Kier alpha value is -1.47. The molecule has 6 nitrogen and oxygen atoms in total. The second kappa shape index (κ2) is 4.78. The Bertz CT molecular complexity index is 605. The summed E-state index contributed by atoms with van der Waals surface area (Å²) in [6.07, 6.45) is -0.736. The van der Waals surface area contributed by atoms with Gasteiger partial charge < -0.3 is 4.74 Å². The Balaban J connectivity index is 1.66. The van der Waals surface area contributed by atoms with Gasteiger partial charge in [-0.25, -0.2) is 4.90 Å². The number of hydroxylamine groups is 2. The van der Waals surface area contributed by atoms with Crippen LogP contribution in [0.25, 0.3) is 0 Å². The van der Waals surface area contributed by atoms with Crippen molar-refractivity contribution in [1.82, 2.24) is 5.06 Å². The average molecular weight is 309 g/mol. The van der Waals surface area contributed by atoms with Gasteiger partial charge >= 0.3 is 0 Å². The summed E-state index contributed by atoms with van der Waals surface area (Å²) in [5, 5.41) is 2.27. The number of carbonyl (C=O) groups is 2. The molecule has 3 heterocycles. The molecule has 3 fully saturated rings. The van der Waals surface area contributed by atoms with Crippen LogP contribution in [0.1, 0.15) is 0 Å². The van der Waals surface area contributed by atoms with Crippen LogP contribution in [0, 0.1) is 5.92 Å². The van der Waals surface area contributed by atoms with E-state index in [4.69, 9.17) is 21.2 Å². The van der Waals surface area contributed by atoms with Crippen LogP contribution in [-0.4, -0.2) is 48.8 Å². The standard InChI is InChI=1S/C14H13ClN2O4/c15-8-1-3-9(4-2-8)17-13(18)11-10-7-20-6-5-16(10)21-12(11)14(17)19/h1-4,10-12H,5-7H2/t10-,11-,12+/m0/s1. The molecule has 21 heavy (non-hydrogen) atoms. The quantitative estimate of drug-likeness (QED) is 0.720. The highest BCUT2D eigenvalue weighted by atomic mass is 35.5. The molecule has 0 aliphatic carbocycles. The first-order valence-corrected chi connectivity index (χ1v) is 7.19. The van der Waals surface area contributed by atoms with Crippen molar-refractivity contribution in [2.24, 2.45) is 5.92 Å². The number of halogens is 1. The number of nitrogens with zero attached hydrogens (tertiary/aromatic N) is 2. The molecule has 1 aromatic carbocycles. The number of morpholine rings is 1. The van der Waals surface area contributed by atoms with Gasteiger partial charge in [0.25, 0.3) is 5.91 Å². The lowest BCUT2D eigenvalue weighted by atomic mass is 9.97. The largest absolute Gasteiger partial charge is 0.378 e. The number of benzene rings is 1. The predicted molar refractivity (Wildman–Crippen MR) is 73.6 cm³/mol. The molecule has 3 aliphatic heterocycles. The topological polar surface area (TPSA) is 59.1 Å². The third kappa shape index (κ3) is 1.91. The first kappa shape index (κ1) is 13.2. The maximum Gasteiger partial charge on any atom is 0.265 e. The van der Waals surface area contributed by atoms with Crippen LogP contribution in [0.2, 0.25) is 5.02 Å². The molecule has 3 aliphatic rings. The molecule has 0 radical (unpaired) electrons. The molecule has 0 unspecified atom stereocenters. The number of hydrogen-bond donors (Lipinski definition) is 0. The van der Waals surface area contributed by atoms with E-state index in [0.717, 1.165) is 0 Å². The summed E-state index contributed by atoms with van der Waals surface area (Å²) in [7, 11) is 0. The van der Waals surface area contributed by atoms with Crippen molar-refractivity contribution in [2.45, 2.75) is 12.1 Å². The van der Waals surface area contributed by atoms with Crippen LogP contribution in [-0.2, 0) is 19.2 Å². The van der Waals surface area contributed by atoms with Gasteiger partial charge in [0.2, 0.25) is 5.91 Å². The van der Waals surface area contributed by atoms with E-state index in [-0.39, 0.29) is 17.9 Å². The number of carbonyl (C=O) groups excluding carboxylic acids is 2. The number of rotatable bonds is 1. The maximum atomic E-state index is 12.6. The zero-order valence-electron chi connectivity index (χ0n) is 11.1. The van der Waals surface area contributed by atoms with Crippen molar-refractivity contribution >= 4 is 29.1 Å². The minimum absolute atomic E-state index is 0.183. The molecule has 4 rings (SSSR count). The second-order valence-corrected chi connectivity index (χ2v) is 5.76. The molecule has 0 spiro atoms. The lowest BCUT2D eigenvalue weighted by molar-refractivity contribution is -0.197. The molecular weight excluding hydrogens is 296 g/mol. The number of anilines is 1. The smallest absolute Gasteiger partial charge is 0.265 e. The molecule has 7 heteroatoms. The Labute approximate surface area is 126 Å². The van der Waals surface area contributed by atoms with Crippen LogP contribution >= 0.6 is 11.6 Å². The van der Waals surface area contributed by atoms with Gasteiger partial charge in [-0.3, -0.25) is 14.4 Å². The van der Waals surface area contributed by atoms with Crippen molar-refractivity contribution in [3.05, 3.63) is 29.3 Å². The van der Waals surface area contributed by atoms with E-state index >= 15 is 0 Å². The molecule has 1 aromatic rings. The third-order valence-electron chi connectivity index (χ3n) is 4.16. The van der Waals surface area contributed by atoms with Gasteiger partial charge in [0, 0.05) is 11.6 Å². The highest BCUT2D eigenvalue weighted by molar-refractivity contribution is 6.31. The Kier molecular flexibility index (Phi) is 3.00. The summed E-state index contributed by atoms with van der Waals surface area (Å²) in [6.45, 7) is 1.55. The fraction of sp³-hybridized carbons (Fsp3) is 0.429. The summed E-state index contributed by atoms with van der Waals surface area (Å²) in [4.78, 5) is 32.0. The summed E-state index contributed by atoms with van der Waals surface area (Å²) in [6, 6.07) is 6.45. The first-order chi connectivity index (χ1) is 10.2. The number of amides is 2. The summed E-state index contributed by atoms with van der Waals surface area (Å²) >= 11 is 5.84. The fourth-order valence-electron chi connectivity index (χ4n) is 3.16. The average Bonchev–Trinajstić information content (AvgIpc) is 2.98. The second-order valence-electron chi connectivity index (χ2n) is 5.32. The van der Waals surface area contributed by atoms with Gasteiger partial charge in [0.05, 0.1) is 30.9 Å². The summed E-state index contributed by atoms with van der Waals surface area (Å²) < 4.78 is 5.41. The van der Waals surface area contributed by atoms with Crippen molar-refractivity contribution < 1.29 is 19.2 Å². The Morgan fingerprint density at radius 2 is 1.90 bits per heavy atom. The number of imide groups is 1. The van der Waals surface area contributed by atoms with E-state index in [1.807, 2.05) is 0 Å².